The Morgan fingerprint density at radius 1 is 0.696 bits per heavy atom. The van der Waals surface area contributed by atoms with Crippen molar-refractivity contribution >= 4 is 83.5 Å². The summed E-state index contributed by atoms with van der Waals surface area (Å²) in [4.78, 5) is 18.9. The van der Waals surface area contributed by atoms with Crippen molar-refractivity contribution in [2.75, 3.05) is 0 Å². The Kier molecular flexibility index (Phi) is 5.35. The minimum atomic E-state index is -2.61. The van der Waals surface area contributed by atoms with Gasteiger partial charge in [-0.2, -0.15) is 0 Å². The monoisotopic (exact) mass is 905 g/mol. The second-order valence-electron chi connectivity index (χ2n) is 14.0. The summed E-state index contributed by atoms with van der Waals surface area (Å²) >= 11 is 0. The molecule has 56 heavy (non-hydrogen) atoms. The second kappa shape index (κ2) is 12.0. The van der Waals surface area contributed by atoms with E-state index in [9.17, 15) is 0 Å². The van der Waals surface area contributed by atoms with Gasteiger partial charge in [-0.15, -0.1) is 41.5 Å². The summed E-state index contributed by atoms with van der Waals surface area (Å²) in [5.74, 6) is 0. The van der Waals surface area contributed by atoms with Gasteiger partial charge in [-0.3, -0.25) is 4.98 Å². The summed E-state index contributed by atoms with van der Waals surface area (Å²) < 4.78 is 73.7. The van der Waals surface area contributed by atoms with Gasteiger partial charge in [0.2, 0.25) is 6.71 Å². The summed E-state index contributed by atoms with van der Waals surface area (Å²) in [6.45, 7) is -7.41. The summed E-state index contributed by atoms with van der Waals surface area (Å²) in [5, 5.41) is 3.34. The molecule has 7 nitrogen and oxygen atoms in total. The minimum absolute atomic E-state index is 0. The molecule has 13 rings (SSSR count). The predicted molar refractivity (Wildman–Crippen MR) is 223 cm³/mol. The molecule has 11 aromatic rings. The van der Waals surface area contributed by atoms with Crippen molar-refractivity contribution in [2.24, 2.45) is 0 Å². The van der Waals surface area contributed by atoms with E-state index in [1.807, 2.05) is 12.7 Å². The van der Waals surface area contributed by atoms with E-state index in [1.54, 1.807) is 0 Å². The van der Waals surface area contributed by atoms with Crippen LogP contribution >= 0.6 is 0 Å². The van der Waals surface area contributed by atoms with E-state index < -0.39 is 20.6 Å². The van der Waals surface area contributed by atoms with Gasteiger partial charge in [0.15, 0.2) is 0 Å². The number of pyridine rings is 2. The zero-order valence-electron chi connectivity index (χ0n) is 38.2. The standard InChI is InChI=1S/C33H16BN6.C14H14N.Ir/c1-3-13-25-18(7-1)28-19(33-37-22-10-2-4-14-26(22)40(25)33)15-27-29-32(28)39-17-36-24-12-6-9-21(31(24)39)34(29)20-8-5-11-23-30(20)38(27)16-35-23;1-10-4-6-13(7-5-10)14-8-11(2)12(3)9-15-14;/h1-14,16-17H;4-6,8-9H,1-3H3;/q2*-1;/i;1D3,2D3,3D3;. The SMILES string of the molecule is [2H]C([2H])([2H])c1c[c-]c(-c2cc(C([2H])([2H])[2H])c(C([2H])([2H])[2H])cn2)cc1.[Ir].[c-]1c2c3c(c4c1c1nc5ccccc5n1c1ccccc41)-n1cnc4cccc(c41)B3c1cccc3ncn-2c13. The van der Waals surface area contributed by atoms with Crippen LogP contribution in [0.2, 0.25) is 0 Å². The van der Waals surface area contributed by atoms with Gasteiger partial charge in [-0.25, -0.2) is 9.97 Å². The number of hydrogen-bond acceptors (Lipinski definition) is 4. The Morgan fingerprint density at radius 3 is 2.20 bits per heavy atom. The maximum Gasteiger partial charge on any atom is 0.200 e. The average molecular weight is 905 g/mol. The van der Waals surface area contributed by atoms with Crippen LogP contribution in [0.1, 0.15) is 29.0 Å². The minimum Gasteiger partial charge on any atom is -0.333 e. The van der Waals surface area contributed by atoms with Crippen LogP contribution in [0.25, 0.3) is 83.1 Å². The molecule has 0 atom stereocenters. The zero-order valence-corrected chi connectivity index (χ0v) is 31.6. The van der Waals surface area contributed by atoms with Crippen LogP contribution in [0.15, 0.2) is 128 Å². The van der Waals surface area contributed by atoms with Crippen molar-refractivity contribution in [3.05, 3.63) is 157 Å². The van der Waals surface area contributed by atoms with E-state index in [-0.39, 0.29) is 49.2 Å². The zero-order chi connectivity index (χ0) is 44.0. The van der Waals surface area contributed by atoms with E-state index in [1.165, 1.54) is 51.6 Å². The molecule has 6 aromatic carbocycles. The summed E-state index contributed by atoms with van der Waals surface area (Å²) in [6.07, 6.45) is 4.96. The Hall–Kier alpha value is -6.41. The average Bonchev–Trinajstić information content (AvgIpc) is 4.02. The topological polar surface area (TPSA) is 65.8 Å². The Morgan fingerprint density at radius 2 is 1.43 bits per heavy atom. The molecule has 0 saturated heterocycles. The van der Waals surface area contributed by atoms with E-state index >= 15 is 0 Å². The van der Waals surface area contributed by atoms with Gasteiger partial charge in [0, 0.05) is 44.2 Å². The van der Waals surface area contributed by atoms with Crippen LogP contribution in [0.4, 0.5) is 0 Å². The number of rotatable bonds is 1. The van der Waals surface area contributed by atoms with Crippen molar-refractivity contribution in [2.45, 2.75) is 20.6 Å². The molecule has 0 spiro atoms. The largest absolute Gasteiger partial charge is 0.333 e. The first kappa shape index (κ1) is 24.9. The molecule has 0 amide bonds. The third-order valence-corrected chi connectivity index (χ3v) is 11.0. The quantitative estimate of drug-likeness (QED) is 0.0956. The fourth-order valence-corrected chi connectivity index (χ4v) is 8.73. The van der Waals surface area contributed by atoms with Crippen LogP contribution in [-0.2, 0) is 20.1 Å². The summed E-state index contributed by atoms with van der Waals surface area (Å²) in [7, 11) is 0. The third-order valence-electron chi connectivity index (χ3n) is 11.0. The van der Waals surface area contributed by atoms with Gasteiger partial charge in [0.05, 0.1) is 51.4 Å². The van der Waals surface area contributed by atoms with Gasteiger partial charge in [0.1, 0.15) is 0 Å². The molecule has 0 bridgehead atoms. The number of benzene rings is 6. The van der Waals surface area contributed by atoms with E-state index in [0.717, 1.165) is 67.1 Å². The molecule has 267 valence electrons. The van der Waals surface area contributed by atoms with Gasteiger partial charge in [0.25, 0.3) is 0 Å². The van der Waals surface area contributed by atoms with Crippen LogP contribution in [0, 0.1) is 32.7 Å². The van der Waals surface area contributed by atoms with E-state index in [2.05, 4.69) is 116 Å². The summed E-state index contributed by atoms with van der Waals surface area (Å²) in [6, 6.07) is 42.1. The molecular formula is C47H30BIrN7-2. The smallest absolute Gasteiger partial charge is 0.200 e. The number of fused-ring (bicyclic) bond motifs is 13. The molecule has 0 N–H and O–H groups in total. The van der Waals surface area contributed by atoms with Crippen molar-refractivity contribution < 1.29 is 32.4 Å². The molecule has 0 fully saturated rings. The molecule has 7 heterocycles. The normalized spacial score (nSPS) is 15.4. The maximum atomic E-state index is 7.54. The van der Waals surface area contributed by atoms with Crippen LogP contribution in [-0.4, -0.2) is 40.2 Å². The number of aryl methyl sites for hydroxylation is 3. The molecule has 1 radical (unpaired) electrons. The molecule has 2 aliphatic heterocycles. The third kappa shape index (κ3) is 4.44. The molecule has 9 heteroatoms. The summed E-state index contributed by atoms with van der Waals surface area (Å²) in [5.41, 5.74) is 14.5. The Balaban J connectivity index is 0.000000163. The molecule has 2 aliphatic rings. The number of hydrogen-bond donors (Lipinski definition) is 0. The van der Waals surface area contributed by atoms with Crippen LogP contribution in [0.5, 0.6) is 0 Å². The van der Waals surface area contributed by atoms with Gasteiger partial charge in [-0.05, 0) is 72.1 Å². The fraction of sp³-hybridized carbons (Fsp3) is 0.0638. The molecule has 0 aliphatic carbocycles. The van der Waals surface area contributed by atoms with Gasteiger partial charge in [-0.1, -0.05) is 100 Å². The number of para-hydroxylation sites is 5. The second-order valence-corrected chi connectivity index (χ2v) is 14.0. The molecule has 5 aromatic heterocycles. The van der Waals surface area contributed by atoms with Crippen molar-refractivity contribution in [3.8, 4) is 22.6 Å². The first-order valence-corrected chi connectivity index (χ1v) is 17.8. The van der Waals surface area contributed by atoms with Crippen molar-refractivity contribution in [1.82, 2.24) is 33.5 Å². The van der Waals surface area contributed by atoms with Crippen molar-refractivity contribution in [1.29, 1.82) is 0 Å². The fourth-order valence-electron chi connectivity index (χ4n) is 8.73. The molecule has 0 saturated carbocycles. The Labute approximate surface area is 348 Å². The van der Waals surface area contributed by atoms with Crippen molar-refractivity contribution in [3.63, 3.8) is 0 Å². The van der Waals surface area contributed by atoms with E-state index in [4.69, 9.17) is 27.3 Å². The molecular weight excluding hydrogens is 866 g/mol. The van der Waals surface area contributed by atoms with Gasteiger partial charge >= 0.3 is 0 Å². The van der Waals surface area contributed by atoms with Crippen LogP contribution in [0.3, 0.4) is 0 Å². The van der Waals surface area contributed by atoms with E-state index in [0.29, 0.717) is 5.56 Å². The van der Waals surface area contributed by atoms with Gasteiger partial charge < -0.3 is 18.5 Å². The number of imidazole rings is 3. The number of nitrogens with zero attached hydrogens (tertiary/aromatic N) is 7. The Bertz CT molecular complexity index is 3780. The van der Waals surface area contributed by atoms with Crippen LogP contribution < -0.4 is 16.4 Å². The predicted octanol–water partition coefficient (Wildman–Crippen LogP) is 7.89. The molecule has 0 unspecified atom stereocenters. The first-order valence-electron chi connectivity index (χ1n) is 22.3. The first-order chi connectivity index (χ1) is 30.7. The number of aromatic nitrogens is 7. The maximum absolute atomic E-state index is 7.54.